The summed E-state index contributed by atoms with van der Waals surface area (Å²) in [4.78, 5) is 42.9. The lowest BCUT2D eigenvalue weighted by atomic mass is 9.97. The fourth-order valence-corrected chi connectivity index (χ4v) is 6.98. The van der Waals surface area contributed by atoms with E-state index < -0.39 is 0 Å². The first-order chi connectivity index (χ1) is 25.3. The fraction of sp³-hybridized carbons (Fsp3) is 0.459. The molecule has 0 radical (unpaired) electrons. The van der Waals surface area contributed by atoms with Crippen molar-refractivity contribution in [1.82, 2.24) is 39.8 Å². The molecule has 2 aliphatic rings. The predicted molar refractivity (Wildman–Crippen MR) is 196 cm³/mol. The van der Waals surface area contributed by atoms with Crippen LogP contribution in [0.1, 0.15) is 49.3 Å². The van der Waals surface area contributed by atoms with Crippen molar-refractivity contribution in [2.45, 2.75) is 58.2 Å². The van der Waals surface area contributed by atoms with Gasteiger partial charge in [-0.05, 0) is 60.6 Å². The number of oxazole rings is 1. The lowest BCUT2D eigenvalue weighted by molar-refractivity contribution is -0.134. The molecule has 0 atom stereocenters. The highest BCUT2D eigenvalue weighted by Crippen LogP contribution is 2.33. The molecule has 5 heterocycles. The Labute approximate surface area is 301 Å². The molecular formula is C37H46N10O5. The molecule has 0 spiro atoms. The van der Waals surface area contributed by atoms with Crippen molar-refractivity contribution in [1.29, 1.82) is 0 Å². The second kappa shape index (κ2) is 16.0. The van der Waals surface area contributed by atoms with Crippen molar-refractivity contribution >= 4 is 45.8 Å². The number of rotatable bonds is 14. The number of hydrogen-bond donors (Lipinski definition) is 3. The SMILES string of the molecule is CCCOCCOCCC(=O)NC1CCN(CC(=O)N2CCc3cc(Cn4nc(-c5ccc6oc(N)nc6c5)c5c(N)ncnc54)ccc3C2)CC1. The molecule has 7 rings (SSSR count). The van der Waals surface area contributed by atoms with Gasteiger partial charge in [-0.1, -0.05) is 25.1 Å². The number of amides is 2. The molecule has 0 unspecified atom stereocenters. The Morgan fingerprint density at radius 3 is 2.63 bits per heavy atom. The van der Waals surface area contributed by atoms with Gasteiger partial charge in [0.05, 0.1) is 38.3 Å². The quantitative estimate of drug-likeness (QED) is 0.143. The lowest BCUT2D eigenvalue weighted by Gasteiger charge is -2.35. The zero-order chi connectivity index (χ0) is 36.0. The van der Waals surface area contributed by atoms with Gasteiger partial charge in [0.15, 0.2) is 11.2 Å². The minimum Gasteiger partial charge on any atom is -0.424 e. The van der Waals surface area contributed by atoms with E-state index in [1.54, 1.807) is 0 Å². The molecule has 2 aromatic carbocycles. The number of nitrogens with two attached hydrogens (primary N) is 2. The third-order valence-electron chi connectivity index (χ3n) is 9.71. The number of carbonyl (C=O) groups excluding carboxylic acids is 2. The first-order valence-corrected chi connectivity index (χ1v) is 18.0. The summed E-state index contributed by atoms with van der Waals surface area (Å²) in [5, 5.41) is 8.73. The van der Waals surface area contributed by atoms with Crippen LogP contribution in [0.3, 0.4) is 0 Å². The molecule has 2 amide bonds. The maximum Gasteiger partial charge on any atom is 0.292 e. The van der Waals surface area contributed by atoms with Crippen LogP contribution >= 0.6 is 0 Å². The zero-order valence-electron chi connectivity index (χ0n) is 29.6. The van der Waals surface area contributed by atoms with Gasteiger partial charge in [0, 0.05) is 50.8 Å². The number of nitrogens with one attached hydrogen (secondary N) is 1. The number of nitrogen functional groups attached to an aromatic ring is 2. The van der Waals surface area contributed by atoms with E-state index in [9.17, 15) is 9.59 Å². The Morgan fingerprint density at radius 2 is 1.81 bits per heavy atom. The van der Waals surface area contributed by atoms with E-state index in [1.807, 2.05) is 27.8 Å². The van der Waals surface area contributed by atoms with Crippen LogP contribution in [-0.2, 0) is 38.6 Å². The van der Waals surface area contributed by atoms with Gasteiger partial charge in [0.1, 0.15) is 23.4 Å². The Bertz CT molecular complexity index is 2040. The predicted octanol–water partition coefficient (Wildman–Crippen LogP) is 3.15. The van der Waals surface area contributed by atoms with Gasteiger partial charge in [0.2, 0.25) is 11.8 Å². The Morgan fingerprint density at radius 1 is 0.981 bits per heavy atom. The average molecular weight is 711 g/mol. The maximum atomic E-state index is 13.4. The second-order valence-corrected chi connectivity index (χ2v) is 13.5. The minimum atomic E-state index is 0.00758. The van der Waals surface area contributed by atoms with E-state index in [2.05, 4.69) is 50.3 Å². The smallest absolute Gasteiger partial charge is 0.292 e. The van der Waals surface area contributed by atoms with E-state index >= 15 is 0 Å². The number of aromatic nitrogens is 5. The van der Waals surface area contributed by atoms with Crippen LogP contribution in [0.25, 0.3) is 33.4 Å². The third kappa shape index (κ3) is 8.16. The standard InChI is InChI=1S/C37H46N10O5/c1-2-14-50-16-17-51-15-10-31(48)42-28-8-11-45(12-9-28)22-32(49)46-13-7-25-18-24(3-4-27(25)21-46)20-47-36-33(35(38)40-23-41-36)34(44-47)26-5-6-30-29(19-26)43-37(39)52-30/h3-6,18-19,23,28H,2,7-17,20-22H2,1H3,(H2,39,43)(H,42,48)(H2,38,40,41). The van der Waals surface area contributed by atoms with Gasteiger partial charge >= 0.3 is 0 Å². The Balaban J connectivity index is 0.914. The van der Waals surface area contributed by atoms with Crippen LogP contribution in [0.5, 0.6) is 0 Å². The van der Waals surface area contributed by atoms with Gasteiger partial charge in [0.25, 0.3) is 6.01 Å². The van der Waals surface area contributed by atoms with Crippen LogP contribution in [0.4, 0.5) is 11.8 Å². The molecule has 0 aliphatic carbocycles. The van der Waals surface area contributed by atoms with Crippen molar-refractivity contribution < 1.29 is 23.5 Å². The molecule has 15 heteroatoms. The first kappa shape index (κ1) is 35.3. The maximum absolute atomic E-state index is 13.4. The molecule has 3 aromatic heterocycles. The molecule has 1 saturated heterocycles. The highest BCUT2D eigenvalue weighted by Gasteiger charge is 2.26. The summed E-state index contributed by atoms with van der Waals surface area (Å²) in [7, 11) is 0. The second-order valence-electron chi connectivity index (χ2n) is 13.5. The molecule has 274 valence electrons. The van der Waals surface area contributed by atoms with E-state index in [0.717, 1.165) is 62.1 Å². The molecule has 0 bridgehead atoms. The number of nitrogens with zero attached hydrogens (tertiary/aromatic N) is 7. The number of piperidine rings is 1. The largest absolute Gasteiger partial charge is 0.424 e. The summed E-state index contributed by atoms with van der Waals surface area (Å²) in [5.41, 5.74) is 18.9. The molecule has 2 aliphatic heterocycles. The number of carbonyl (C=O) groups is 2. The molecule has 5 aromatic rings. The van der Waals surface area contributed by atoms with Crippen LogP contribution in [0, 0.1) is 0 Å². The van der Waals surface area contributed by atoms with E-state index in [0.29, 0.717) is 86.1 Å². The highest BCUT2D eigenvalue weighted by molar-refractivity contribution is 5.99. The van der Waals surface area contributed by atoms with Crippen molar-refractivity contribution in [3.05, 3.63) is 59.4 Å². The number of benzene rings is 2. The normalized spacial score (nSPS) is 15.4. The molecule has 52 heavy (non-hydrogen) atoms. The number of ether oxygens (including phenoxy) is 2. The van der Waals surface area contributed by atoms with Gasteiger partial charge in [-0.2, -0.15) is 10.1 Å². The van der Waals surface area contributed by atoms with Gasteiger partial charge in [-0.3, -0.25) is 14.5 Å². The summed E-state index contributed by atoms with van der Waals surface area (Å²) < 4.78 is 18.2. The third-order valence-corrected chi connectivity index (χ3v) is 9.71. The van der Waals surface area contributed by atoms with Crippen LogP contribution in [-0.4, -0.2) is 105 Å². The topological polar surface area (TPSA) is 193 Å². The number of anilines is 2. The van der Waals surface area contributed by atoms with Gasteiger partial charge in [-0.15, -0.1) is 0 Å². The van der Waals surface area contributed by atoms with Gasteiger partial charge < -0.3 is 35.6 Å². The van der Waals surface area contributed by atoms with Crippen LogP contribution < -0.4 is 16.8 Å². The van der Waals surface area contributed by atoms with Crippen molar-refractivity contribution in [3.63, 3.8) is 0 Å². The Hall–Kier alpha value is -5.12. The van der Waals surface area contributed by atoms with Gasteiger partial charge in [-0.25, -0.2) is 14.6 Å². The van der Waals surface area contributed by atoms with Crippen molar-refractivity contribution in [2.75, 3.05) is 64.1 Å². The van der Waals surface area contributed by atoms with E-state index in [4.69, 9.17) is 30.5 Å². The molecule has 15 nitrogen and oxygen atoms in total. The van der Waals surface area contributed by atoms with Crippen LogP contribution in [0.15, 0.2) is 47.1 Å². The summed E-state index contributed by atoms with van der Waals surface area (Å²) in [6, 6.07) is 12.2. The first-order valence-electron chi connectivity index (χ1n) is 18.0. The monoisotopic (exact) mass is 710 g/mol. The van der Waals surface area contributed by atoms with Crippen molar-refractivity contribution in [2.24, 2.45) is 0 Å². The Kier molecular flexibility index (Phi) is 10.9. The average Bonchev–Trinajstić information content (AvgIpc) is 3.71. The van der Waals surface area contributed by atoms with E-state index in [1.165, 1.54) is 11.9 Å². The molecular weight excluding hydrogens is 664 g/mol. The summed E-state index contributed by atoms with van der Waals surface area (Å²) >= 11 is 0. The number of fused-ring (bicyclic) bond motifs is 3. The minimum absolute atomic E-state index is 0.00758. The highest BCUT2D eigenvalue weighted by atomic mass is 16.5. The number of likely N-dealkylation sites (tertiary alicyclic amines) is 1. The fourth-order valence-electron chi connectivity index (χ4n) is 6.98. The molecule has 1 fully saturated rings. The molecule has 0 saturated carbocycles. The summed E-state index contributed by atoms with van der Waals surface area (Å²) in [6.07, 6.45) is 5.20. The number of hydrogen-bond acceptors (Lipinski definition) is 12. The molecule has 5 N–H and O–H groups in total. The summed E-state index contributed by atoms with van der Waals surface area (Å²) in [6.45, 7) is 7.92. The van der Waals surface area contributed by atoms with Crippen molar-refractivity contribution in [3.8, 4) is 11.3 Å². The van der Waals surface area contributed by atoms with E-state index in [-0.39, 0.29) is 23.9 Å². The lowest BCUT2D eigenvalue weighted by Crippen LogP contribution is -2.48. The van der Waals surface area contributed by atoms with Crippen LogP contribution in [0.2, 0.25) is 0 Å². The zero-order valence-corrected chi connectivity index (χ0v) is 29.6. The summed E-state index contributed by atoms with van der Waals surface area (Å²) in [5.74, 6) is 0.489.